The fourth-order valence-electron chi connectivity index (χ4n) is 1.17. The molecular formula is C10H14O5. The van der Waals surface area contributed by atoms with Crippen LogP contribution in [-0.2, 0) is 23.8 Å². The van der Waals surface area contributed by atoms with Crippen LogP contribution < -0.4 is 0 Å². The number of hydrogen-bond acceptors (Lipinski definition) is 5. The average Bonchev–Trinajstić information content (AvgIpc) is 2.16. The number of esters is 2. The van der Waals surface area contributed by atoms with Crippen molar-refractivity contribution in [2.45, 2.75) is 26.1 Å². The van der Waals surface area contributed by atoms with Crippen molar-refractivity contribution in [3.05, 3.63) is 12.2 Å². The summed E-state index contributed by atoms with van der Waals surface area (Å²) in [6, 6.07) is 0. The fraction of sp³-hybridized carbons (Fsp3) is 0.600. The van der Waals surface area contributed by atoms with Crippen molar-refractivity contribution >= 4 is 11.9 Å². The first-order valence-corrected chi connectivity index (χ1v) is 4.68. The Morgan fingerprint density at radius 3 is 2.53 bits per heavy atom. The predicted octanol–water partition coefficient (Wildman–Crippen LogP) is 0.436. The highest BCUT2D eigenvalue weighted by molar-refractivity contribution is 5.66. The summed E-state index contributed by atoms with van der Waals surface area (Å²) < 4.78 is 15.0. The van der Waals surface area contributed by atoms with Crippen molar-refractivity contribution in [2.24, 2.45) is 0 Å². The number of carbonyl (C=O) groups excluding carboxylic acids is 2. The largest absolute Gasteiger partial charge is 0.463 e. The van der Waals surface area contributed by atoms with Crippen LogP contribution >= 0.6 is 0 Å². The molecule has 0 bridgehead atoms. The van der Waals surface area contributed by atoms with Gasteiger partial charge in [0.25, 0.3) is 0 Å². The van der Waals surface area contributed by atoms with Gasteiger partial charge in [0, 0.05) is 13.8 Å². The van der Waals surface area contributed by atoms with Gasteiger partial charge in [-0.3, -0.25) is 9.59 Å². The van der Waals surface area contributed by atoms with Gasteiger partial charge in [-0.1, -0.05) is 6.08 Å². The van der Waals surface area contributed by atoms with Crippen LogP contribution in [-0.4, -0.2) is 37.4 Å². The Morgan fingerprint density at radius 1 is 1.33 bits per heavy atom. The van der Waals surface area contributed by atoms with E-state index in [0.717, 1.165) is 0 Å². The number of carbonyl (C=O) groups is 2. The molecule has 1 heterocycles. The molecule has 0 spiro atoms. The highest BCUT2D eigenvalue weighted by Crippen LogP contribution is 2.09. The molecule has 84 valence electrons. The Balaban J connectivity index is 2.31. The van der Waals surface area contributed by atoms with E-state index in [1.54, 1.807) is 12.2 Å². The minimum Gasteiger partial charge on any atom is -0.463 e. The molecule has 0 aliphatic carbocycles. The normalized spacial score (nSPS) is 24.7. The second-order valence-electron chi connectivity index (χ2n) is 3.21. The summed E-state index contributed by atoms with van der Waals surface area (Å²) in [5.74, 6) is -0.680. The summed E-state index contributed by atoms with van der Waals surface area (Å²) in [5, 5.41) is 0. The molecule has 0 unspecified atom stereocenters. The molecule has 0 saturated carbocycles. The first-order chi connectivity index (χ1) is 7.08. The third kappa shape index (κ3) is 4.60. The number of ether oxygens (including phenoxy) is 3. The maximum atomic E-state index is 10.6. The van der Waals surface area contributed by atoms with Crippen LogP contribution in [0.1, 0.15) is 13.8 Å². The zero-order valence-corrected chi connectivity index (χ0v) is 8.76. The molecule has 0 aromatic heterocycles. The zero-order valence-electron chi connectivity index (χ0n) is 8.76. The molecule has 1 aliphatic heterocycles. The van der Waals surface area contributed by atoms with E-state index in [-0.39, 0.29) is 30.8 Å². The smallest absolute Gasteiger partial charge is 0.303 e. The lowest BCUT2D eigenvalue weighted by Gasteiger charge is -2.22. The second-order valence-corrected chi connectivity index (χ2v) is 3.21. The molecule has 0 radical (unpaired) electrons. The molecule has 1 aliphatic rings. The first kappa shape index (κ1) is 11.7. The molecule has 0 aromatic carbocycles. The molecule has 0 amide bonds. The zero-order chi connectivity index (χ0) is 11.3. The van der Waals surface area contributed by atoms with Gasteiger partial charge in [0.2, 0.25) is 0 Å². The standard InChI is InChI=1S/C10H14O5/c1-7(11)13-5-9-3-4-10(6-14-9)15-8(2)12/h3-4,9-10H,5-6H2,1-2H3/t9-,10-/m0/s1. The van der Waals surface area contributed by atoms with E-state index in [1.807, 2.05) is 0 Å². The van der Waals surface area contributed by atoms with E-state index in [0.29, 0.717) is 6.61 Å². The lowest BCUT2D eigenvalue weighted by atomic mass is 10.2. The van der Waals surface area contributed by atoms with Gasteiger partial charge in [-0.15, -0.1) is 0 Å². The van der Waals surface area contributed by atoms with Gasteiger partial charge in [0.05, 0.1) is 6.61 Å². The summed E-state index contributed by atoms with van der Waals surface area (Å²) in [4.78, 5) is 21.2. The minimum absolute atomic E-state index is 0.193. The molecule has 1 rings (SSSR count). The SMILES string of the molecule is CC(=O)OC[C@@H]1C=C[C@H](OC(C)=O)CO1. The molecule has 2 atom stereocenters. The maximum Gasteiger partial charge on any atom is 0.303 e. The highest BCUT2D eigenvalue weighted by atomic mass is 16.6. The average molecular weight is 214 g/mol. The van der Waals surface area contributed by atoms with Crippen molar-refractivity contribution in [1.29, 1.82) is 0 Å². The topological polar surface area (TPSA) is 61.8 Å². The van der Waals surface area contributed by atoms with Crippen molar-refractivity contribution < 1.29 is 23.8 Å². The van der Waals surface area contributed by atoms with Crippen LogP contribution in [0.3, 0.4) is 0 Å². The Hall–Kier alpha value is -1.36. The summed E-state index contributed by atoms with van der Waals surface area (Å²) in [6.07, 6.45) is 2.87. The third-order valence-electron chi connectivity index (χ3n) is 1.78. The highest BCUT2D eigenvalue weighted by Gasteiger charge is 2.18. The number of rotatable bonds is 3. The van der Waals surface area contributed by atoms with E-state index in [1.165, 1.54) is 13.8 Å². The fourth-order valence-corrected chi connectivity index (χ4v) is 1.17. The summed E-state index contributed by atoms with van der Waals surface area (Å²) in [5.41, 5.74) is 0. The third-order valence-corrected chi connectivity index (χ3v) is 1.78. The Kier molecular flexibility index (Phi) is 4.30. The van der Waals surface area contributed by atoms with Crippen molar-refractivity contribution in [2.75, 3.05) is 13.2 Å². The molecule has 0 aromatic rings. The summed E-state index contributed by atoms with van der Waals surface area (Å²) in [6.45, 7) is 3.17. The van der Waals surface area contributed by atoms with Gasteiger partial charge in [0.1, 0.15) is 18.8 Å². The molecule has 0 saturated heterocycles. The summed E-state index contributed by atoms with van der Waals surface area (Å²) in [7, 11) is 0. The molecular weight excluding hydrogens is 200 g/mol. The molecule has 0 fully saturated rings. The van der Waals surface area contributed by atoms with Crippen LogP contribution in [0.4, 0.5) is 0 Å². The van der Waals surface area contributed by atoms with Crippen molar-refractivity contribution in [3.8, 4) is 0 Å². The van der Waals surface area contributed by atoms with Crippen molar-refractivity contribution in [3.63, 3.8) is 0 Å². The van der Waals surface area contributed by atoms with E-state index in [9.17, 15) is 9.59 Å². The maximum absolute atomic E-state index is 10.6. The van der Waals surface area contributed by atoms with E-state index in [2.05, 4.69) is 0 Å². The molecule has 5 nitrogen and oxygen atoms in total. The first-order valence-electron chi connectivity index (χ1n) is 4.68. The van der Waals surface area contributed by atoms with Crippen LogP contribution in [0.2, 0.25) is 0 Å². The van der Waals surface area contributed by atoms with E-state index < -0.39 is 0 Å². The van der Waals surface area contributed by atoms with E-state index in [4.69, 9.17) is 14.2 Å². The van der Waals surface area contributed by atoms with Crippen LogP contribution in [0.15, 0.2) is 12.2 Å². The lowest BCUT2D eigenvalue weighted by molar-refractivity contribution is -0.150. The van der Waals surface area contributed by atoms with Gasteiger partial charge in [-0.2, -0.15) is 0 Å². The van der Waals surface area contributed by atoms with Gasteiger partial charge in [-0.25, -0.2) is 0 Å². The summed E-state index contributed by atoms with van der Waals surface area (Å²) >= 11 is 0. The van der Waals surface area contributed by atoms with E-state index >= 15 is 0 Å². The monoisotopic (exact) mass is 214 g/mol. The lowest BCUT2D eigenvalue weighted by Crippen LogP contribution is -2.31. The predicted molar refractivity (Wildman–Crippen MR) is 51.1 cm³/mol. The van der Waals surface area contributed by atoms with Gasteiger partial charge >= 0.3 is 11.9 Å². The second kappa shape index (κ2) is 5.50. The van der Waals surface area contributed by atoms with Crippen LogP contribution in [0.25, 0.3) is 0 Å². The van der Waals surface area contributed by atoms with Gasteiger partial charge in [-0.05, 0) is 6.08 Å². The number of hydrogen-bond donors (Lipinski definition) is 0. The van der Waals surface area contributed by atoms with Gasteiger partial charge < -0.3 is 14.2 Å². The van der Waals surface area contributed by atoms with Crippen LogP contribution in [0, 0.1) is 0 Å². The minimum atomic E-state index is -0.341. The van der Waals surface area contributed by atoms with Gasteiger partial charge in [0.15, 0.2) is 0 Å². The Morgan fingerprint density at radius 2 is 2.07 bits per heavy atom. The molecule has 15 heavy (non-hydrogen) atoms. The Labute approximate surface area is 88.0 Å². The molecule has 5 heteroatoms. The van der Waals surface area contributed by atoms with Crippen LogP contribution in [0.5, 0.6) is 0 Å². The molecule has 0 N–H and O–H groups in total. The Bertz CT molecular complexity index is 271. The quantitative estimate of drug-likeness (QED) is 0.503. The van der Waals surface area contributed by atoms with Crippen molar-refractivity contribution in [1.82, 2.24) is 0 Å².